The molecule has 2 rings (SSSR count). The molecule has 0 saturated carbocycles. The van der Waals surface area contributed by atoms with Crippen molar-refractivity contribution in [3.05, 3.63) is 60.2 Å². The van der Waals surface area contributed by atoms with Gasteiger partial charge in [0.2, 0.25) is 0 Å². The van der Waals surface area contributed by atoms with Crippen molar-refractivity contribution in [1.82, 2.24) is 0 Å². The van der Waals surface area contributed by atoms with Crippen molar-refractivity contribution in [3.8, 4) is 11.1 Å². The van der Waals surface area contributed by atoms with Gasteiger partial charge in [0.05, 0.1) is 10.9 Å². The summed E-state index contributed by atoms with van der Waals surface area (Å²) in [6.07, 6.45) is 0. The molecule has 0 aliphatic carbocycles. The van der Waals surface area contributed by atoms with E-state index in [4.69, 9.17) is 0 Å². The maximum absolute atomic E-state index is 3.87. The molecule has 0 unspecified atom stereocenters. The Bertz CT molecular complexity index is 539. The van der Waals surface area contributed by atoms with Crippen LogP contribution in [0, 0.1) is 0 Å². The first-order valence-electron chi connectivity index (χ1n) is 6.36. The number of rotatable bonds is 3. The minimum Gasteiger partial charge on any atom is -0.0714 e. The lowest BCUT2D eigenvalue weighted by Gasteiger charge is -2.33. The zero-order valence-corrected chi connectivity index (χ0v) is 15.6. The van der Waals surface area contributed by atoms with Gasteiger partial charge in [-0.15, -0.1) is 0 Å². The maximum Gasteiger partial charge on any atom is 0.0950 e. The van der Waals surface area contributed by atoms with E-state index in [1.165, 1.54) is 16.7 Å². The second kappa shape index (κ2) is 5.55. The Kier molecular flexibility index (Phi) is 4.38. The van der Waals surface area contributed by atoms with Crippen LogP contribution < -0.4 is 0 Å². The van der Waals surface area contributed by atoms with Crippen molar-refractivity contribution >= 4 is 39.9 Å². The highest BCUT2D eigenvalue weighted by atomic mass is 79.9. The molecule has 0 spiro atoms. The van der Waals surface area contributed by atoms with E-state index in [0.29, 0.717) is 0 Å². The Hall–Kier alpha value is -0.383. The van der Waals surface area contributed by atoms with Crippen LogP contribution in [-0.2, 0) is 2.86 Å². The minimum atomic E-state index is -1.39. The number of hydrogen-bond acceptors (Lipinski definition) is 0. The molecule has 0 saturated heterocycles. The number of halogens is 2. The monoisotopic (exact) mass is 396 g/mol. The molecule has 0 nitrogen and oxygen atoms in total. The van der Waals surface area contributed by atoms with Gasteiger partial charge in [0.1, 0.15) is 0 Å². The summed E-state index contributed by atoms with van der Waals surface area (Å²) >= 11 is 7.74. The fourth-order valence-corrected chi connectivity index (χ4v) is 3.50. The van der Waals surface area contributed by atoms with Crippen LogP contribution in [0.3, 0.4) is 0 Å². The van der Waals surface area contributed by atoms with Crippen molar-refractivity contribution < 1.29 is 0 Å². The predicted octanol–water partition coefficient (Wildman–Crippen LogP) is 6.17. The molecule has 0 amide bonds. The molecule has 0 atom stereocenters. The molecule has 0 heterocycles. The number of hydrogen-bond donors (Lipinski definition) is 0. The van der Waals surface area contributed by atoms with Gasteiger partial charge in [-0.2, -0.15) is 0 Å². The molecule has 2 aromatic rings. The molecule has 0 aliphatic heterocycles. The molecular formula is C16H18Br2Si. The van der Waals surface area contributed by atoms with Crippen LogP contribution in [0.5, 0.6) is 0 Å². The highest BCUT2D eigenvalue weighted by molar-refractivity contribution is 9.25. The highest BCUT2D eigenvalue weighted by Gasteiger charge is 2.40. The second-order valence-electron chi connectivity index (χ2n) is 5.77. The van der Waals surface area contributed by atoms with Crippen LogP contribution in [0.15, 0.2) is 54.6 Å². The van der Waals surface area contributed by atoms with Crippen LogP contribution in [0.4, 0.5) is 0 Å². The normalized spacial score (nSPS) is 12.5. The van der Waals surface area contributed by atoms with Gasteiger partial charge in [-0.3, -0.25) is 0 Å². The summed E-state index contributed by atoms with van der Waals surface area (Å²) in [7, 11) is -1.39. The van der Waals surface area contributed by atoms with E-state index in [-0.39, 0.29) is 2.86 Å². The van der Waals surface area contributed by atoms with Crippen LogP contribution in [0.25, 0.3) is 11.1 Å². The van der Waals surface area contributed by atoms with Crippen LogP contribution >= 0.6 is 31.9 Å². The summed E-state index contributed by atoms with van der Waals surface area (Å²) in [6.45, 7) is 7.05. The lowest BCUT2D eigenvalue weighted by molar-refractivity contribution is 1.23. The first-order chi connectivity index (χ1) is 8.82. The third kappa shape index (κ3) is 3.20. The molecule has 0 radical (unpaired) electrons. The third-order valence-electron chi connectivity index (χ3n) is 3.30. The zero-order chi connectivity index (χ0) is 14.1. The lowest BCUT2D eigenvalue weighted by atomic mass is 10.0. The zero-order valence-electron chi connectivity index (χ0n) is 11.5. The molecule has 0 N–H and O–H groups in total. The first kappa shape index (κ1) is 15.0. The van der Waals surface area contributed by atoms with Gasteiger partial charge in [0.15, 0.2) is 0 Å². The number of benzene rings is 2. The largest absolute Gasteiger partial charge is 0.0950 e. The smallest absolute Gasteiger partial charge is 0.0714 e. The summed E-state index contributed by atoms with van der Waals surface area (Å²) in [5, 5.41) is 0. The summed E-state index contributed by atoms with van der Waals surface area (Å²) in [5.74, 6) is 0. The van der Waals surface area contributed by atoms with E-state index in [1.54, 1.807) is 0 Å². The van der Waals surface area contributed by atoms with Crippen molar-refractivity contribution in [3.63, 3.8) is 0 Å². The van der Waals surface area contributed by atoms with Crippen LogP contribution in [0.1, 0.15) is 5.56 Å². The van der Waals surface area contributed by atoms with Gasteiger partial charge in [0, 0.05) is 0 Å². The SMILES string of the molecule is C[Si](C)(C)C(Br)(Br)c1ccc(-c2ccccc2)cc1. The molecule has 100 valence electrons. The van der Waals surface area contributed by atoms with Crippen molar-refractivity contribution in [2.75, 3.05) is 0 Å². The van der Waals surface area contributed by atoms with Gasteiger partial charge in [0.25, 0.3) is 0 Å². The summed E-state index contributed by atoms with van der Waals surface area (Å²) in [4.78, 5) is 0. The Labute approximate surface area is 133 Å². The van der Waals surface area contributed by atoms with E-state index < -0.39 is 8.07 Å². The molecule has 19 heavy (non-hydrogen) atoms. The number of alkyl halides is 2. The fraction of sp³-hybridized carbons (Fsp3) is 0.250. The first-order valence-corrected chi connectivity index (χ1v) is 11.4. The van der Waals surface area contributed by atoms with Crippen molar-refractivity contribution in [1.29, 1.82) is 0 Å². The maximum atomic E-state index is 3.87. The van der Waals surface area contributed by atoms with Crippen molar-refractivity contribution in [2.24, 2.45) is 0 Å². The quantitative estimate of drug-likeness (QED) is 0.428. The molecule has 0 aliphatic rings. The summed E-state index contributed by atoms with van der Waals surface area (Å²) in [6, 6.07) is 19.3. The summed E-state index contributed by atoms with van der Waals surface area (Å²) in [5.41, 5.74) is 3.82. The van der Waals surface area contributed by atoms with Crippen LogP contribution in [-0.4, -0.2) is 8.07 Å². The van der Waals surface area contributed by atoms with E-state index in [2.05, 4.69) is 100 Å². The van der Waals surface area contributed by atoms with Gasteiger partial charge < -0.3 is 0 Å². The van der Waals surface area contributed by atoms with Crippen LogP contribution in [0.2, 0.25) is 19.6 Å². The predicted molar refractivity (Wildman–Crippen MR) is 94.8 cm³/mol. The molecule has 3 heteroatoms. The van der Waals surface area contributed by atoms with Gasteiger partial charge in [-0.05, 0) is 16.7 Å². The average molecular weight is 398 g/mol. The van der Waals surface area contributed by atoms with Crippen molar-refractivity contribution in [2.45, 2.75) is 22.5 Å². The topological polar surface area (TPSA) is 0 Å². The van der Waals surface area contributed by atoms with E-state index in [0.717, 1.165) is 0 Å². The average Bonchev–Trinajstić information content (AvgIpc) is 2.39. The van der Waals surface area contributed by atoms with Gasteiger partial charge >= 0.3 is 0 Å². The standard InChI is InChI=1S/C16H18Br2Si/c1-19(2,3)16(17,18)15-11-9-14(10-12-15)13-7-5-4-6-8-13/h4-12H,1-3H3. The molecule has 0 bridgehead atoms. The van der Waals surface area contributed by atoms with E-state index in [1.807, 2.05) is 6.07 Å². The molecular weight excluding hydrogens is 380 g/mol. The Morgan fingerprint density at radius 3 is 1.68 bits per heavy atom. The Balaban J connectivity index is 2.35. The molecule has 0 fully saturated rings. The van der Waals surface area contributed by atoms with Gasteiger partial charge in [-0.1, -0.05) is 106 Å². The van der Waals surface area contributed by atoms with E-state index >= 15 is 0 Å². The second-order valence-corrected chi connectivity index (χ2v) is 15.9. The highest BCUT2D eigenvalue weighted by Crippen LogP contribution is 2.46. The van der Waals surface area contributed by atoms with E-state index in [9.17, 15) is 0 Å². The fourth-order valence-electron chi connectivity index (χ4n) is 1.94. The van der Waals surface area contributed by atoms with Gasteiger partial charge in [-0.25, -0.2) is 0 Å². The third-order valence-corrected chi connectivity index (χ3v) is 13.5. The lowest BCUT2D eigenvalue weighted by Crippen LogP contribution is -2.39. The minimum absolute atomic E-state index is 0.0672. The summed E-state index contributed by atoms with van der Waals surface area (Å²) < 4.78 is -0.0672. The molecule has 0 aromatic heterocycles. The molecule has 2 aromatic carbocycles. The Morgan fingerprint density at radius 1 is 0.737 bits per heavy atom. The Morgan fingerprint density at radius 2 is 1.21 bits per heavy atom.